The lowest BCUT2D eigenvalue weighted by Gasteiger charge is -2.13. The van der Waals surface area contributed by atoms with Gasteiger partial charge in [-0.05, 0) is 42.5 Å². The second-order valence-electron chi connectivity index (χ2n) is 7.98. The van der Waals surface area contributed by atoms with E-state index in [4.69, 9.17) is 4.74 Å². The van der Waals surface area contributed by atoms with Crippen LogP contribution in [0.3, 0.4) is 0 Å². The molecule has 0 amide bonds. The first-order chi connectivity index (χ1) is 14.9. The van der Waals surface area contributed by atoms with Gasteiger partial charge in [-0.1, -0.05) is 0 Å². The second kappa shape index (κ2) is 7.54. The minimum Gasteiger partial charge on any atom is -0.491 e. The van der Waals surface area contributed by atoms with E-state index in [0.717, 1.165) is 19.1 Å². The summed E-state index contributed by atoms with van der Waals surface area (Å²) < 4.78 is 75.2. The van der Waals surface area contributed by atoms with Gasteiger partial charge in [0.2, 0.25) is 10.0 Å². The first-order valence-electron chi connectivity index (χ1n) is 9.72. The molecule has 0 aliphatic heterocycles. The van der Waals surface area contributed by atoms with Crippen LogP contribution in [0.1, 0.15) is 18.5 Å². The predicted molar refractivity (Wildman–Crippen MR) is 113 cm³/mol. The van der Waals surface area contributed by atoms with Crippen LogP contribution in [0.2, 0.25) is 0 Å². The number of fused-ring (bicyclic) bond motifs is 1. The molecule has 1 aromatic carbocycles. The molecule has 1 fully saturated rings. The van der Waals surface area contributed by atoms with Gasteiger partial charge in [0.1, 0.15) is 0 Å². The number of hydrogen-bond donors (Lipinski definition) is 1. The van der Waals surface area contributed by atoms with Gasteiger partial charge >= 0.3 is 6.18 Å². The summed E-state index contributed by atoms with van der Waals surface area (Å²) in [6.45, 7) is 0.297. The largest absolute Gasteiger partial charge is 0.491 e. The van der Waals surface area contributed by atoms with Crippen molar-refractivity contribution in [3.63, 3.8) is 0 Å². The Morgan fingerprint density at radius 1 is 1.22 bits per heavy atom. The van der Waals surface area contributed by atoms with Crippen molar-refractivity contribution < 1.29 is 26.3 Å². The molecule has 3 aromatic rings. The zero-order valence-corrected chi connectivity index (χ0v) is 18.3. The van der Waals surface area contributed by atoms with E-state index >= 15 is 0 Å². The number of nitrogens with zero attached hydrogens (tertiary/aromatic N) is 3. The van der Waals surface area contributed by atoms with Crippen molar-refractivity contribution in [2.24, 2.45) is 13.0 Å². The van der Waals surface area contributed by atoms with Crippen molar-refractivity contribution in [3.05, 3.63) is 40.4 Å². The third-order valence-electron chi connectivity index (χ3n) is 5.25. The first kappa shape index (κ1) is 22.2. The molecule has 2 heterocycles. The maximum Gasteiger partial charge on any atom is 0.435 e. The molecule has 4 rings (SSSR count). The molecule has 1 saturated carbocycles. The van der Waals surface area contributed by atoms with Gasteiger partial charge in [0.15, 0.2) is 11.4 Å². The Morgan fingerprint density at radius 2 is 1.91 bits per heavy atom. The minimum absolute atomic E-state index is 0.0465. The number of ether oxygens (including phenoxy) is 1. The Bertz CT molecular complexity index is 1370. The summed E-state index contributed by atoms with van der Waals surface area (Å²) in [6.07, 6.45) is -0.614. The summed E-state index contributed by atoms with van der Waals surface area (Å²) in [4.78, 5) is 12.2. The highest BCUT2D eigenvalue weighted by Gasteiger charge is 2.39. The van der Waals surface area contributed by atoms with Gasteiger partial charge in [-0.2, -0.15) is 18.3 Å². The van der Waals surface area contributed by atoms with Crippen LogP contribution in [0.25, 0.3) is 22.0 Å². The number of sulfonamides is 1. The number of halogens is 3. The highest BCUT2D eigenvalue weighted by Crippen LogP contribution is 2.42. The predicted octanol–water partition coefficient (Wildman–Crippen LogP) is 3.21. The molecule has 1 N–H and O–H groups in total. The van der Waals surface area contributed by atoms with E-state index in [2.05, 4.69) is 9.82 Å². The molecule has 1 aliphatic carbocycles. The van der Waals surface area contributed by atoms with Gasteiger partial charge in [0.25, 0.3) is 5.56 Å². The van der Waals surface area contributed by atoms with Crippen LogP contribution < -0.4 is 15.0 Å². The molecular formula is C20H21F3N4O4S. The molecule has 0 bridgehead atoms. The van der Waals surface area contributed by atoms with Crippen LogP contribution in [0.15, 0.2) is 29.2 Å². The molecule has 0 saturated heterocycles. The molecule has 12 heteroatoms. The molecular weight excluding hydrogens is 449 g/mol. The SMILES string of the molecule is COc1cc(-c2cc(NS(C)(=O)=O)c3c(C(F)(F)F)nn(CC4CC4)c3c2)cn(C)c1=O. The fourth-order valence-corrected chi connectivity index (χ4v) is 4.18. The third kappa shape index (κ3) is 4.31. The maximum atomic E-state index is 13.8. The zero-order valence-electron chi connectivity index (χ0n) is 17.5. The standard InChI is InChI=1S/C20H21F3N4O4S/c1-26-10-13(8-16(31-2)19(26)28)12-6-14(25-32(3,29)30)17-15(7-12)27(9-11-4-5-11)24-18(17)20(21,22)23/h6-8,10-11,25H,4-5,9H2,1-3H3. The van der Waals surface area contributed by atoms with Crippen molar-refractivity contribution in [1.29, 1.82) is 0 Å². The molecule has 172 valence electrons. The Hall–Kier alpha value is -3.02. The van der Waals surface area contributed by atoms with E-state index in [1.807, 2.05) is 0 Å². The topological polar surface area (TPSA) is 95.2 Å². The van der Waals surface area contributed by atoms with Gasteiger partial charge in [0, 0.05) is 25.4 Å². The number of rotatable bonds is 6. The highest BCUT2D eigenvalue weighted by atomic mass is 32.2. The molecule has 32 heavy (non-hydrogen) atoms. The van der Waals surface area contributed by atoms with Crippen molar-refractivity contribution in [2.45, 2.75) is 25.6 Å². The van der Waals surface area contributed by atoms with Crippen LogP contribution in [-0.2, 0) is 29.8 Å². The molecule has 2 aromatic heterocycles. The summed E-state index contributed by atoms with van der Waals surface area (Å²) in [7, 11) is -1.04. The summed E-state index contributed by atoms with van der Waals surface area (Å²) in [6, 6.07) is 4.29. The van der Waals surface area contributed by atoms with E-state index in [-0.39, 0.29) is 33.8 Å². The van der Waals surface area contributed by atoms with Crippen molar-refractivity contribution in [2.75, 3.05) is 18.1 Å². The highest BCUT2D eigenvalue weighted by molar-refractivity contribution is 7.92. The maximum absolute atomic E-state index is 13.8. The Balaban J connectivity index is 2.04. The molecule has 0 unspecified atom stereocenters. The Labute approximate surface area is 181 Å². The normalized spacial score (nSPS) is 14.7. The number of alkyl halides is 3. The van der Waals surface area contributed by atoms with Crippen molar-refractivity contribution >= 4 is 26.6 Å². The van der Waals surface area contributed by atoms with Gasteiger partial charge < -0.3 is 9.30 Å². The number of pyridine rings is 1. The van der Waals surface area contributed by atoms with Gasteiger partial charge in [-0.15, -0.1) is 0 Å². The molecule has 0 atom stereocenters. The van der Waals surface area contributed by atoms with Gasteiger partial charge in [0.05, 0.1) is 30.0 Å². The van der Waals surface area contributed by atoms with E-state index in [1.54, 1.807) is 0 Å². The summed E-state index contributed by atoms with van der Waals surface area (Å²) in [5.41, 5.74) is -0.741. The molecule has 0 radical (unpaired) electrons. The lowest BCUT2D eigenvalue weighted by molar-refractivity contribution is -0.140. The van der Waals surface area contributed by atoms with Gasteiger partial charge in [-0.3, -0.25) is 14.2 Å². The fourth-order valence-electron chi connectivity index (χ4n) is 3.62. The Kier molecular flexibility index (Phi) is 5.23. The van der Waals surface area contributed by atoms with Crippen LogP contribution >= 0.6 is 0 Å². The number of nitrogens with one attached hydrogen (secondary N) is 1. The summed E-state index contributed by atoms with van der Waals surface area (Å²) in [5.74, 6) is 0.275. The second-order valence-corrected chi connectivity index (χ2v) is 9.73. The van der Waals surface area contributed by atoms with Crippen LogP contribution in [-0.4, -0.2) is 36.1 Å². The lowest BCUT2D eigenvalue weighted by Crippen LogP contribution is -2.17. The third-order valence-corrected chi connectivity index (χ3v) is 5.84. The van der Waals surface area contributed by atoms with Gasteiger partial charge in [-0.25, -0.2) is 8.42 Å². The number of benzene rings is 1. The van der Waals surface area contributed by atoms with E-state index in [9.17, 15) is 26.4 Å². The average Bonchev–Trinajstić information content (AvgIpc) is 3.41. The van der Waals surface area contributed by atoms with Crippen molar-refractivity contribution in [1.82, 2.24) is 14.3 Å². The quantitative estimate of drug-likeness (QED) is 0.597. The Morgan fingerprint density at radius 3 is 2.47 bits per heavy atom. The van der Waals surface area contributed by atoms with Crippen LogP contribution in [0.4, 0.5) is 18.9 Å². The zero-order chi connectivity index (χ0) is 23.4. The number of anilines is 1. The average molecular weight is 470 g/mol. The molecule has 1 aliphatic rings. The summed E-state index contributed by atoms with van der Waals surface area (Å²) >= 11 is 0. The van der Waals surface area contributed by atoms with E-state index in [0.29, 0.717) is 17.7 Å². The molecule has 8 nitrogen and oxygen atoms in total. The number of methoxy groups -OCH3 is 1. The van der Waals surface area contributed by atoms with Crippen LogP contribution in [0, 0.1) is 5.92 Å². The molecule has 0 spiro atoms. The van der Waals surface area contributed by atoms with E-state index in [1.165, 1.54) is 47.8 Å². The summed E-state index contributed by atoms with van der Waals surface area (Å²) in [5, 5.41) is 3.49. The van der Waals surface area contributed by atoms with Crippen molar-refractivity contribution in [3.8, 4) is 16.9 Å². The lowest BCUT2D eigenvalue weighted by atomic mass is 10.0. The monoisotopic (exact) mass is 470 g/mol. The minimum atomic E-state index is -4.78. The first-order valence-corrected chi connectivity index (χ1v) is 11.6. The number of hydrogen-bond acceptors (Lipinski definition) is 5. The number of aryl methyl sites for hydroxylation is 1. The number of aromatic nitrogens is 3. The fraction of sp³-hybridized carbons (Fsp3) is 0.400. The van der Waals surface area contributed by atoms with Crippen LogP contribution in [0.5, 0.6) is 5.75 Å². The van der Waals surface area contributed by atoms with E-state index < -0.39 is 21.9 Å². The smallest absolute Gasteiger partial charge is 0.435 e.